The number of hydrogen-bond donors (Lipinski definition) is 1. The van der Waals surface area contributed by atoms with Crippen LogP contribution in [0.25, 0.3) is 0 Å². The lowest BCUT2D eigenvalue weighted by Gasteiger charge is -2.29. The van der Waals surface area contributed by atoms with Gasteiger partial charge in [0.15, 0.2) is 0 Å². The summed E-state index contributed by atoms with van der Waals surface area (Å²) in [7, 11) is 0. The molecule has 1 atom stereocenters. The van der Waals surface area contributed by atoms with Crippen molar-refractivity contribution in [3.63, 3.8) is 0 Å². The minimum Gasteiger partial charge on any atom is -0.480 e. The summed E-state index contributed by atoms with van der Waals surface area (Å²) in [5.74, 6) is -0.960. The van der Waals surface area contributed by atoms with Crippen molar-refractivity contribution in [3.05, 3.63) is 0 Å². The number of nitrogens with zero attached hydrogens (tertiary/aromatic N) is 2. The zero-order valence-electron chi connectivity index (χ0n) is 15.5. The van der Waals surface area contributed by atoms with Gasteiger partial charge in [-0.3, -0.25) is 14.4 Å². The van der Waals surface area contributed by atoms with E-state index in [1.54, 1.807) is 0 Å². The van der Waals surface area contributed by atoms with Crippen molar-refractivity contribution in [1.82, 2.24) is 9.80 Å². The van der Waals surface area contributed by atoms with Gasteiger partial charge in [0.25, 0.3) is 0 Å². The summed E-state index contributed by atoms with van der Waals surface area (Å²) in [5.41, 5.74) is 0.0367. The van der Waals surface area contributed by atoms with E-state index in [1.807, 2.05) is 4.90 Å². The Balaban J connectivity index is 2.01. The van der Waals surface area contributed by atoms with E-state index in [0.717, 1.165) is 12.8 Å². The number of carbonyl (C=O) groups is 3. The van der Waals surface area contributed by atoms with Crippen molar-refractivity contribution < 1.29 is 19.5 Å². The maximum Gasteiger partial charge on any atom is 0.323 e. The van der Waals surface area contributed by atoms with E-state index in [9.17, 15) is 14.4 Å². The second-order valence-electron chi connectivity index (χ2n) is 8.33. The van der Waals surface area contributed by atoms with Crippen LogP contribution in [-0.4, -0.2) is 58.4 Å². The zero-order valence-corrected chi connectivity index (χ0v) is 15.5. The van der Waals surface area contributed by atoms with Crippen LogP contribution in [0.3, 0.4) is 0 Å². The molecule has 2 amide bonds. The highest BCUT2D eigenvalue weighted by Gasteiger charge is 2.68. The molecule has 0 spiro atoms. The van der Waals surface area contributed by atoms with E-state index >= 15 is 0 Å². The monoisotopic (exact) mass is 338 g/mol. The Kier molecular flexibility index (Phi) is 4.98. The highest BCUT2D eigenvalue weighted by molar-refractivity contribution is 5.84. The first-order valence-electron chi connectivity index (χ1n) is 8.78. The Morgan fingerprint density at radius 3 is 2.12 bits per heavy atom. The van der Waals surface area contributed by atoms with Crippen LogP contribution in [0.4, 0.5) is 0 Å². The molecule has 0 radical (unpaired) electrons. The predicted octanol–water partition coefficient (Wildman–Crippen LogP) is 1.98. The molecule has 2 fully saturated rings. The standard InChI is InChI=1S/C18H30N2O4/c1-12(21)20(11-14(22)23)13-7-6-9-19(10-8-13)16(24)15-17(2,3)18(15,4)5/h13,15H,6-11H2,1-5H3,(H,22,23). The highest BCUT2D eigenvalue weighted by Crippen LogP contribution is 2.68. The molecule has 1 unspecified atom stereocenters. The van der Waals surface area contributed by atoms with Crippen LogP contribution in [0.1, 0.15) is 53.9 Å². The van der Waals surface area contributed by atoms with Crippen molar-refractivity contribution in [1.29, 1.82) is 0 Å². The fourth-order valence-electron chi connectivity index (χ4n) is 4.25. The first kappa shape index (κ1) is 18.7. The fraction of sp³-hybridized carbons (Fsp3) is 0.833. The number of hydrogen-bond acceptors (Lipinski definition) is 3. The van der Waals surface area contributed by atoms with Crippen LogP contribution in [-0.2, 0) is 14.4 Å². The molecular weight excluding hydrogens is 308 g/mol. The van der Waals surface area contributed by atoms with Gasteiger partial charge in [-0.25, -0.2) is 0 Å². The third-order valence-corrected chi connectivity index (χ3v) is 6.43. The minimum absolute atomic E-state index is 0.0184. The van der Waals surface area contributed by atoms with Crippen LogP contribution in [0, 0.1) is 16.7 Å². The van der Waals surface area contributed by atoms with Gasteiger partial charge >= 0.3 is 5.97 Å². The van der Waals surface area contributed by atoms with E-state index in [-0.39, 0.29) is 41.1 Å². The van der Waals surface area contributed by atoms with Crippen LogP contribution in [0.2, 0.25) is 0 Å². The first-order valence-corrected chi connectivity index (χ1v) is 8.78. The van der Waals surface area contributed by atoms with E-state index in [2.05, 4.69) is 27.7 Å². The molecular formula is C18H30N2O4. The van der Waals surface area contributed by atoms with E-state index < -0.39 is 5.97 Å². The number of aliphatic carboxylic acids is 1. The molecule has 1 saturated carbocycles. The van der Waals surface area contributed by atoms with Gasteiger partial charge in [0.1, 0.15) is 6.54 Å². The van der Waals surface area contributed by atoms with Gasteiger partial charge in [0, 0.05) is 32.0 Å². The summed E-state index contributed by atoms with van der Waals surface area (Å²) >= 11 is 0. The first-order chi connectivity index (χ1) is 11.0. The van der Waals surface area contributed by atoms with Crippen molar-refractivity contribution in [2.45, 2.75) is 59.9 Å². The third-order valence-electron chi connectivity index (χ3n) is 6.43. The average Bonchev–Trinajstić information content (AvgIpc) is 2.98. The maximum atomic E-state index is 12.9. The summed E-state index contributed by atoms with van der Waals surface area (Å²) in [6.45, 7) is 11.0. The molecule has 2 rings (SSSR count). The fourth-order valence-corrected chi connectivity index (χ4v) is 4.25. The van der Waals surface area contributed by atoms with Crippen molar-refractivity contribution in [2.24, 2.45) is 16.7 Å². The topological polar surface area (TPSA) is 77.9 Å². The smallest absolute Gasteiger partial charge is 0.323 e. The minimum atomic E-state index is -0.996. The summed E-state index contributed by atoms with van der Waals surface area (Å²) in [6.07, 6.45) is 2.19. The Bertz CT molecular complexity index is 527. The molecule has 2 aliphatic rings. The lowest BCUT2D eigenvalue weighted by atomic mass is 10.0. The number of carbonyl (C=O) groups excluding carboxylic acids is 2. The molecule has 1 N–H and O–H groups in total. The predicted molar refractivity (Wildman–Crippen MR) is 90.3 cm³/mol. The molecule has 1 aliphatic heterocycles. The Labute approximate surface area is 144 Å². The molecule has 0 bridgehead atoms. The third kappa shape index (κ3) is 3.28. The Hall–Kier alpha value is -1.59. The van der Waals surface area contributed by atoms with Gasteiger partial charge in [-0.1, -0.05) is 27.7 Å². The van der Waals surface area contributed by atoms with Gasteiger partial charge in [0.05, 0.1) is 0 Å². The molecule has 6 nitrogen and oxygen atoms in total. The van der Waals surface area contributed by atoms with Crippen LogP contribution >= 0.6 is 0 Å². The van der Waals surface area contributed by atoms with E-state index in [4.69, 9.17) is 5.11 Å². The molecule has 0 aromatic carbocycles. The van der Waals surface area contributed by atoms with Gasteiger partial charge in [0.2, 0.25) is 11.8 Å². The molecule has 1 heterocycles. The molecule has 0 aromatic heterocycles. The molecule has 1 aliphatic carbocycles. The van der Waals surface area contributed by atoms with Gasteiger partial charge in [-0.2, -0.15) is 0 Å². The van der Waals surface area contributed by atoms with Crippen molar-refractivity contribution in [2.75, 3.05) is 19.6 Å². The zero-order chi connectivity index (χ0) is 18.3. The normalized spacial score (nSPS) is 25.7. The second kappa shape index (κ2) is 6.37. The lowest BCUT2D eigenvalue weighted by Crippen LogP contribution is -2.43. The van der Waals surface area contributed by atoms with Crippen LogP contribution in [0.15, 0.2) is 0 Å². The molecule has 6 heteroatoms. The largest absolute Gasteiger partial charge is 0.480 e. The molecule has 24 heavy (non-hydrogen) atoms. The molecule has 136 valence electrons. The quantitative estimate of drug-likeness (QED) is 0.850. The number of rotatable bonds is 4. The number of amides is 2. The number of carboxylic acids is 1. The van der Waals surface area contributed by atoms with E-state index in [0.29, 0.717) is 19.5 Å². The van der Waals surface area contributed by atoms with E-state index in [1.165, 1.54) is 11.8 Å². The second-order valence-corrected chi connectivity index (χ2v) is 8.33. The average molecular weight is 338 g/mol. The lowest BCUT2D eigenvalue weighted by molar-refractivity contribution is -0.145. The molecule has 1 saturated heterocycles. The highest BCUT2D eigenvalue weighted by atomic mass is 16.4. The van der Waals surface area contributed by atoms with Gasteiger partial charge in [-0.05, 0) is 30.1 Å². The summed E-state index contributed by atoms with van der Waals surface area (Å²) in [6, 6.07) is -0.100. The van der Waals surface area contributed by atoms with Crippen LogP contribution in [0.5, 0.6) is 0 Å². The van der Waals surface area contributed by atoms with Crippen LogP contribution < -0.4 is 0 Å². The van der Waals surface area contributed by atoms with Crippen molar-refractivity contribution in [3.8, 4) is 0 Å². The number of likely N-dealkylation sites (tertiary alicyclic amines) is 1. The summed E-state index contributed by atoms with van der Waals surface area (Å²) in [5, 5.41) is 9.01. The SMILES string of the molecule is CC(=O)N(CC(=O)O)C1CCCN(C(=O)C2C(C)(C)C2(C)C)CC1. The molecule has 0 aromatic rings. The number of carboxylic acid groups (broad SMARTS) is 1. The maximum absolute atomic E-state index is 12.9. The summed E-state index contributed by atoms with van der Waals surface area (Å²) in [4.78, 5) is 39.0. The Morgan fingerprint density at radius 1 is 1.08 bits per heavy atom. The summed E-state index contributed by atoms with van der Waals surface area (Å²) < 4.78 is 0. The van der Waals surface area contributed by atoms with Crippen molar-refractivity contribution >= 4 is 17.8 Å². The van der Waals surface area contributed by atoms with Gasteiger partial charge < -0.3 is 14.9 Å². The Morgan fingerprint density at radius 2 is 1.67 bits per heavy atom. The van der Waals surface area contributed by atoms with Gasteiger partial charge in [-0.15, -0.1) is 0 Å².